The Hall–Kier alpha value is -0.970. The van der Waals surface area contributed by atoms with Gasteiger partial charge in [-0.15, -0.1) is 0 Å². The van der Waals surface area contributed by atoms with E-state index in [1.54, 1.807) is 6.07 Å². The van der Waals surface area contributed by atoms with Crippen molar-refractivity contribution < 1.29 is 8.78 Å². The normalized spacial score (nSPS) is 11.5. The van der Waals surface area contributed by atoms with Gasteiger partial charge in [-0.25, -0.2) is 8.78 Å². The maximum absolute atomic E-state index is 12.5. The van der Waals surface area contributed by atoms with Crippen molar-refractivity contribution in [1.82, 2.24) is 10.2 Å². The van der Waals surface area contributed by atoms with Gasteiger partial charge in [0.2, 0.25) is 0 Å². The molecule has 5 heteroatoms. The van der Waals surface area contributed by atoms with E-state index in [1.807, 2.05) is 13.0 Å². The first-order valence-electron chi connectivity index (χ1n) is 4.02. The highest BCUT2D eigenvalue weighted by molar-refractivity contribution is 9.10. The van der Waals surface area contributed by atoms with E-state index in [4.69, 9.17) is 0 Å². The second-order valence-corrected chi connectivity index (χ2v) is 3.88. The number of nitrogens with zero attached hydrogens (tertiary/aromatic N) is 1. The molecule has 1 heterocycles. The van der Waals surface area contributed by atoms with E-state index < -0.39 is 6.43 Å². The zero-order valence-electron chi connectivity index (χ0n) is 7.31. The summed E-state index contributed by atoms with van der Waals surface area (Å²) in [5.41, 5.74) is 1.34. The number of aromatic nitrogens is 2. The third kappa shape index (κ3) is 1.32. The average molecular weight is 261 g/mol. The lowest BCUT2D eigenvalue weighted by Crippen LogP contribution is -1.85. The van der Waals surface area contributed by atoms with E-state index in [9.17, 15) is 8.78 Å². The van der Waals surface area contributed by atoms with Gasteiger partial charge in [-0.3, -0.25) is 5.10 Å². The molecule has 1 aromatic heterocycles. The van der Waals surface area contributed by atoms with Gasteiger partial charge in [0.05, 0.1) is 5.52 Å². The van der Waals surface area contributed by atoms with Crippen molar-refractivity contribution in [1.29, 1.82) is 0 Å². The van der Waals surface area contributed by atoms with E-state index >= 15 is 0 Å². The molecule has 0 spiro atoms. The Morgan fingerprint density at radius 1 is 1.43 bits per heavy atom. The highest BCUT2D eigenvalue weighted by Crippen LogP contribution is 2.32. The second kappa shape index (κ2) is 3.31. The van der Waals surface area contributed by atoms with Crippen LogP contribution in [0.15, 0.2) is 16.6 Å². The molecule has 2 aromatic rings. The van der Waals surface area contributed by atoms with Crippen LogP contribution in [0.4, 0.5) is 8.78 Å². The summed E-state index contributed by atoms with van der Waals surface area (Å²) < 4.78 is 25.7. The Morgan fingerprint density at radius 2 is 2.14 bits per heavy atom. The Bertz CT molecular complexity index is 479. The highest BCUT2D eigenvalue weighted by atomic mass is 79.9. The average Bonchev–Trinajstić information content (AvgIpc) is 2.56. The molecular weight excluding hydrogens is 254 g/mol. The Morgan fingerprint density at radius 3 is 2.79 bits per heavy atom. The zero-order chi connectivity index (χ0) is 10.3. The molecule has 0 aliphatic rings. The molecule has 0 radical (unpaired) electrons. The quantitative estimate of drug-likeness (QED) is 0.835. The summed E-state index contributed by atoms with van der Waals surface area (Å²) in [7, 11) is 0. The lowest BCUT2D eigenvalue weighted by Gasteiger charge is -1.99. The lowest BCUT2D eigenvalue weighted by atomic mass is 10.1. The summed E-state index contributed by atoms with van der Waals surface area (Å²) in [6.45, 7) is 1.84. The fourth-order valence-electron chi connectivity index (χ4n) is 1.40. The number of aromatic amines is 1. The molecule has 0 unspecified atom stereocenters. The minimum absolute atomic E-state index is 0.129. The molecule has 2 rings (SSSR count). The SMILES string of the molecule is Cc1ccc(Br)c2c(C(F)F)[nH]nc12. The molecular formula is C9H7BrF2N2. The minimum Gasteiger partial charge on any atom is -0.275 e. The van der Waals surface area contributed by atoms with Crippen LogP contribution in [-0.2, 0) is 0 Å². The smallest absolute Gasteiger partial charge is 0.275 e. The first kappa shape index (κ1) is 9.58. The molecule has 0 aliphatic carbocycles. The molecule has 14 heavy (non-hydrogen) atoms. The first-order chi connectivity index (χ1) is 6.61. The fourth-order valence-corrected chi connectivity index (χ4v) is 1.93. The predicted molar refractivity (Wildman–Crippen MR) is 53.5 cm³/mol. The van der Waals surface area contributed by atoms with Crippen molar-refractivity contribution in [3.05, 3.63) is 27.9 Å². The summed E-state index contributed by atoms with van der Waals surface area (Å²) in [6.07, 6.45) is -2.53. The number of fused-ring (bicyclic) bond motifs is 1. The van der Waals surface area contributed by atoms with Gasteiger partial charge < -0.3 is 0 Å². The van der Waals surface area contributed by atoms with Crippen LogP contribution >= 0.6 is 15.9 Å². The van der Waals surface area contributed by atoms with Crippen LogP contribution in [-0.4, -0.2) is 10.2 Å². The van der Waals surface area contributed by atoms with E-state index in [0.717, 1.165) is 5.56 Å². The van der Waals surface area contributed by atoms with Gasteiger partial charge in [0.15, 0.2) is 0 Å². The van der Waals surface area contributed by atoms with Crippen molar-refractivity contribution in [2.24, 2.45) is 0 Å². The van der Waals surface area contributed by atoms with E-state index in [2.05, 4.69) is 26.1 Å². The number of aryl methyl sites for hydroxylation is 1. The molecule has 0 amide bonds. The van der Waals surface area contributed by atoms with Crippen molar-refractivity contribution in [3.8, 4) is 0 Å². The molecule has 0 saturated carbocycles. The number of hydrogen-bond donors (Lipinski definition) is 1. The topological polar surface area (TPSA) is 28.7 Å². The van der Waals surface area contributed by atoms with Crippen LogP contribution in [0.2, 0.25) is 0 Å². The molecule has 0 saturated heterocycles. The standard InChI is InChI=1S/C9H7BrF2N2/c1-4-2-3-5(10)6-7(4)13-14-8(6)9(11)12/h2-3,9H,1H3,(H,13,14). The van der Waals surface area contributed by atoms with Crippen molar-refractivity contribution in [3.63, 3.8) is 0 Å². The van der Waals surface area contributed by atoms with Gasteiger partial charge in [0, 0.05) is 9.86 Å². The van der Waals surface area contributed by atoms with Gasteiger partial charge >= 0.3 is 0 Å². The number of rotatable bonds is 1. The monoisotopic (exact) mass is 260 g/mol. The Kier molecular flexibility index (Phi) is 2.26. The van der Waals surface area contributed by atoms with Crippen molar-refractivity contribution >= 4 is 26.8 Å². The number of alkyl halides is 2. The van der Waals surface area contributed by atoms with Gasteiger partial charge in [-0.05, 0) is 18.6 Å². The van der Waals surface area contributed by atoms with Crippen molar-refractivity contribution in [2.75, 3.05) is 0 Å². The Labute approximate surface area is 87.4 Å². The Balaban J connectivity index is 2.84. The molecule has 74 valence electrons. The number of hydrogen-bond acceptors (Lipinski definition) is 1. The molecule has 0 fully saturated rings. The maximum Gasteiger partial charge on any atom is 0.280 e. The van der Waals surface area contributed by atoms with Gasteiger partial charge in [0.25, 0.3) is 6.43 Å². The predicted octanol–water partition coefficient (Wildman–Crippen LogP) is 3.57. The van der Waals surface area contributed by atoms with Crippen LogP contribution in [0.25, 0.3) is 10.9 Å². The van der Waals surface area contributed by atoms with Gasteiger partial charge in [-0.1, -0.05) is 22.0 Å². The number of halogens is 3. The van der Waals surface area contributed by atoms with Crippen LogP contribution in [0.3, 0.4) is 0 Å². The van der Waals surface area contributed by atoms with Crippen LogP contribution in [0, 0.1) is 6.92 Å². The molecule has 0 atom stereocenters. The van der Waals surface area contributed by atoms with Crippen LogP contribution in [0.5, 0.6) is 0 Å². The summed E-state index contributed by atoms with van der Waals surface area (Å²) >= 11 is 3.24. The highest BCUT2D eigenvalue weighted by Gasteiger charge is 2.17. The third-order valence-electron chi connectivity index (χ3n) is 2.10. The van der Waals surface area contributed by atoms with Crippen LogP contribution in [0.1, 0.15) is 17.7 Å². The maximum atomic E-state index is 12.5. The van der Waals surface area contributed by atoms with E-state index in [0.29, 0.717) is 15.4 Å². The number of benzene rings is 1. The van der Waals surface area contributed by atoms with E-state index in [1.165, 1.54) is 0 Å². The second-order valence-electron chi connectivity index (χ2n) is 3.03. The lowest BCUT2D eigenvalue weighted by molar-refractivity contribution is 0.147. The molecule has 2 nitrogen and oxygen atoms in total. The number of H-pyrrole nitrogens is 1. The summed E-state index contributed by atoms with van der Waals surface area (Å²) in [6, 6.07) is 3.58. The molecule has 1 N–H and O–H groups in total. The fraction of sp³-hybridized carbons (Fsp3) is 0.222. The molecule has 1 aromatic carbocycles. The van der Waals surface area contributed by atoms with E-state index in [-0.39, 0.29) is 5.69 Å². The summed E-state index contributed by atoms with van der Waals surface area (Å²) in [5, 5.41) is 6.70. The minimum atomic E-state index is -2.53. The largest absolute Gasteiger partial charge is 0.280 e. The van der Waals surface area contributed by atoms with Crippen molar-refractivity contribution in [2.45, 2.75) is 13.3 Å². The van der Waals surface area contributed by atoms with Gasteiger partial charge in [-0.2, -0.15) is 5.10 Å². The first-order valence-corrected chi connectivity index (χ1v) is 4.81. The van der Waals surface area contributed by atoms with Crippen LogP contribution < -0.4 is 0 Å². The molecule has 0 bridgehead atoms. The summed E-state index contributed by atoms with van der Waals surface area (Å²) in [5.74, 6) is 0. The number of nitrogens with one attached hydrogen (secondary N) is 1. The molecule has 0 aliphatic heterocycles. The zero-order valence-corrected chi connectivity index (χ0v) is 8.90. The van der Waals surface area contributed by atoms with Gasteiger partial charge in [0.1, 0.15) is 5.69 Å². The summed E-state index contributed by atoms with van der Waals surface area (Å²) in [4.78, 5) is 0. The third-order valence-corrected chi connectivity index (χ3v) is 2.77.